The van der Waals surface area contributed by atoms with Crippen molar-refractivity contribution in [3.63, 3.8) is 0 Å². The Morgan fingerprint density at radius 2 is 2.00 bits per heavy atom. The molecule has 0 unspecified atom stereocenters. The third kappa shape index (κ3) is 3.97. The van der Waals surface area contributed by atoms with E-state index in [9.17, 15) is 14.4 Å². The Morgan fingerprint density at radius 1 is 1.30 bits per heavy atom. The molecular weight excluding hydrogens is 260 g/mol. The molecule has 0 spiro atoms. The fraction of sp³-hybridized carbons (Fsp3) is 0.615. The fourth-order valence-electron chi connectivity index (χ4n) is 1.82. The van der Waals surface area contributed by atoms with Crippen LogP contribution in [0.5, 0.6) is 0 Å². The van der Waals surface area contributed by atoms with Gasteiger partial charge >= 0.3 is 5.69 Å². The second kappa shape index (κ2) is 7.52. The molecule has 7 heteroatoms. The smallest absolute Gasteiger partial charge is 0.331 e. The van der Waals surface area contributed by atoms with Crippen molar-refractivity contribution >= 4 is 11.6 Å². The number of unbranched alkanes of at least 4 members (excludes halogenated alkanes) is 1. The number of carbonyl (C=O) groups is 1. The highest BCUT2D eigenvalue weighted by atomic mass is 16.2. The molecule has 7 nitrogen and oxygen atoms in total. The zero-order valence-electron chi connectivity index (χ0n) is 12.0. The van der Waals surface area contributed by atoms with Gasteiger partial charge in [0.05, 0.1) is 0 Å². The van der Waals surface area contributed by atoms with E-state index < -0.39 is 11.2 Å². The molecule has 1 heterocycles. The molecule has 0 aliphatic carbocycles. The summed E-state index contributed by atoms with van der Waals surface area (Å²) in [6.45, 7) is 4.62. The van der Waals surface area contributed by atoms with Gasteiger partial charge in [0.15, 0.2) is 0 Å². The van der Waals surface area contributed by atoms with Gasteiger partial charge < -0.3 is 11.1 Å². The van der Waals surface area contributed by atoms with Crippen molar-refractivity contribution in [2.75, 3.05) is 12.3 Å². The second-order valence-electron chi connectivity index (χ2n) is 4.66. The number of rotatable bonds is 7. The summed E-state index contributed by atoms with van der Waals surface area (Å²) in [6.07, 6.45) is 3.89. The number of anilines is 1. The first kappa shape index (κ1) is 16.0. The number of aromatic nitrogens is 2. The number of nitrogen functional groups attached to an aromatic ring is 1. The third-order valence-electron chi connectivity index (χ3n) is 2.88. The summed E-state index contributed by atoms with van der Waals surface area (Å²) in [4.78, 5) is 35.7. The highest BCUT2D eigenvalue weighted by molar-refractivity contribution is 5.75. The lowest BCUT2D eigenvalue weighted by Gasteiger charge is -2.11. The Bertz CT molecular complexity index is 574. The molecule has 20 heavy (non-hydrogen) atoms. The van der Waals surface area contributed by atoms with Crippen LogP contribution in [-0.2, 0) is 17.9 Å². The minimum Gasteiger partial charge on any atom is -0.393 e. The predicted molar refractivity (Wildman–Crippen MR) is 77.6 cm³/mol. The van der Waals surface area contributed by atoms with Crippen LogP contribution < -0.4 is 22.3 Å². The van der Waals surface area contributed by atoms with Crippen molar-refractivity contribution in [1.82, 2.24) is 14.5 Å². The first-order valence-electron chi connectivity index (χ1n) is 6.87. The molecule has 0 saturated heterocycles. The molecule has 0 aliphatic heterocycles. The Labute approximate surface area is 117 Å². The molecule has 1 aromatic rings. The molecule has 0 atom stereocenters. The molecule has 3 N–H and O–H groups in total. The lowest BCUT2D eigenvalue weighted by Crippen LogP contribution is -2.44. The van der Waals surface area contributed by atoms with E-state index in [2.05, 4.69) is 5.32 Å². The molecule has 1 rings (SSSR count). The summed E-state index contributed by atoms with van der Waals surface area (Å²) in [7, 11) is 0. The van der Waals surface area contributed by atoms with Crippen LogP contribution in [0.1, 0.15) is 33.1 Å². The van der Waals surface area contributed by atoms with Crippen LogP contribution in [0.2, 0.25) is 0 Å². The Hall–Kier alpha value is -2.05. The molecule has 0 aliphatic rings. The average Bonchev–Trinajstić information content (AvgIpc) is 2.41. The summed E-state index contributed by atoms with van der Waals surface area (Å²) in [5, 5.41) is 2.67. The van der Waals surface area contributed by atoms with Gasteiger partial charge in [0.2, 0.25) is 5.91 Å². The quantitative estimate of drug-likeness (QED) is 0.683. The maximum atomic E-state index is 12.1. The number of carbonyl (C=O) groups excluding carboxylic acids is 1. The molecule has 0 fully saturated rings. The molecular formula is C13H22N4O3. The van der Waals surface area contributed by atoms with Crippen LogP contribution in [0.3, 0.4) is 0 Å². The van der Waals surface area contributed by atoms with Gasteiger partial charge in [-0.2, -0.15) is 0 Å². The average molecular weight is 282 g/mol. The van der Waals surface area contributed by atoms with Crippen molar-refractivity contribution in [1.29, 1.82) is 0 Å². The second-order valence-corrected chi connectivity index (χ2v) is 4.66. The largest absolute Gasteiger partial charge is 0.393 e. The lowest BCUT2D eigenvalue weighted by atomic mass is 10.3. The van der Waals surface area contributed by atoms with Gasteiger partial charge in [-0.1, -0.05) is 20.3 Å². The van der Waals surface area contributed by atoms with E-state index >= 15 is 0 Å². The minimum absolute atomic E-state index is 0.0283. The van der Waals surface area contributed by atoms with Crippen LogP contribution in [-0.4, -0.2) is 21.6 Å². The number of aryl methyl sites for hydroxylation is 1. The van der Waals surface area contributed by atoms with Crippen LogP contribution in [0.4, 0.5) is 5.69 Å². The van der Waals surface area contributed by atoms with E-state index in [-0.39, 0.29) is 18.1 Å². The third-order valence-corrected chi connectivity index (χ3v) is 2.88. The standard InChI is InChI=1S/C13H22N4O3/c1-3-5-6-15-11(18)9-17-12(19)10(14)8-16(7-4-2)13(17)20/h8H,3-7,9,14H2,1-2H3,(H,15,18). The maximum absolute atomic E-state index is 12.1. The fourth-order valence-corrected chi connectivity index (χ4v) is 1.82. The van der Waals surface area contributed by atoms with Gasteiger partial charge in [-0.3, -0.25) is 14.2 Å². The lowest BCUT2D eigenvalue weighted by molar-refractivity contribution is -0.121. The maximum Gasteiger partial charge on any atom is 0.331 e. The van der Waals surface area contributed by atoms with Crippen LogP contribution in [0, 0.1) is 0 Å². The van der Waals surface area contributed by atoms with E-state index in [1.165, 1.54) is 10.8 Å². The van der Waals surface area contributed by atoms with Gasteiger partial charge in [-0.15, -0.1) is 0 Å². The van der Waals surface area contributed by atoms with Gasteiger partial charge in [0, 0.05) is 19.3 Å². The Kier molecular flexibility index (Phi) is 6.02. The molecule has 1 aromatic heterocycles. The first-order valence-corrected chi connectivity index (χ1v) is 6.87. The number of nitrogens with one attached hydrogen (secondary N) is 1. The van der Waals surface area contributed by atoms with Gasteiger partial charge in [-0.25, -0.2) is 9.36 Å². The number of amides is 1. The minimum atomic E-state index is -0.618. The SMILES string of the molecule is CCCCNC(=O)Cn1c(=O)c(N)cn(CCC)c1=O. The van der Waals surface area contributed by atoms with Gasteiger partial charge in [-0.05, 0) is 12.8 Å². The Morgan fingerprint density at radius 3 is 2.60 bits per heavy atom. The van der Waals surface area contributed by atoms with Crippen molar-refractivity contribution in [3.8, 4) is 0 Å². The highest BCUT2D eigenvalue weighted by Crippen LogP contribution is 1.92. The molecule has 112 valence electrons. The van der Waals surface area contributed by atoms with Gasteiger partial charge in [0.1, 0.15) is 12.2 Å². The molecule has 0 saturated carbocycles. The zero-order valence-corrected chi connectivity index (χ0v) is 12.0. The summed E-state index contributed by atoms with van der Waals surface area (Å²) in [5.41, 5.74) is 4.44. The summed E-state index contributed by atoms with van der Waals surface area (Å²) >= 11 is 0. The van der Waals surface area contributed by atoms with E-state index in [0.717, 1.165) is 23.8 Å². The molecule has 0 aromatic carbocycles. The van der Waals surface area contributed by atoms with Crippen molar-refractivity contribution in [2.24, 2.45) is 0 Å². The highest BCUT2D eigenvalue weighted by Gasteiger charge is 2.12. The van der Waals surface area contributed by atoms with E-state index in [4.69, 9.17) is 5.73 Å². The summed E-state index contributed by atoms with van der Waals surface area (Å²) in [6, 6.07) is 0. The topological polar surface area (TPSA) is 99.1 Å². The zero-order chi connectivity index (χ0) is 15.1. The van der Waals surface area contributed by atoms with Crippen LogP contribution >= 0.6 is 0 Å². The first-order chi connectivity index (χ1) is 9.51. The van der Waals surface area contributed by atoms with Crippen LogP contribution in [0.15, 0.2) is 15.8 Å². The Balaban J connectivity index is 2.96. The van der Waals surface area contributed by atoms with Gasteiger partial charge in [0.25, 0.3) is 5.56 Å². The molecule has 0 bridgehead atoms. The number of hydrogen-bond donors (Lipinski definition) is 2. The van der Waals surface area contributed by atoms with E-state index in [1.807, 2.05) is 13.8 Å². The molecule has 0 radical (unpaired) electrons. The summed E-state index contributed by atoms with van der Waals surface area (Å²) < 4.78 is 2.24. The predicted octanol–water partition coefficient (Wildman–Crippen LogP) is -0.0815. The van der Waals surface area contributed by atoms with E-state index in [1.54, 1.807) is 0 Å². The number of nitrogens with two attached hydrogens (primary N) is 1. The van der Waals surface area contributed by atoms with Crippen molar-refractivity contribution < 1.29 is 4.79 Å². The van der Waals surface area contributed by atoms with Crippen molar-refractivity contribution in [2.45, 2.75) is 46.2 Å². The number of hydrogen-bond acceptors (Lipinski definition) is 4. The van der Waals surface area contributed by atoms with E-state index in [0.29, 0.717) is 13.1 Å². The van der Waals surface area contributed by atoms with Crippen LogP contribution in [0.25, 0.3) is 0 Å². The summed E-state index contributed by atoms with van der Waals surface area (Å²) in [5.74, 6) is -0.355. The van der Waals surface area contributed by atoms with Crippen molar-refractivity contribution in [3.05, 3.63) is 27.0 Å². The normalized spacial score (nSPS) is 10.5. The number of nitrogens with zero attached hydrogens (tertiary/aromatic N) is 2. The molecule has 1 amide bonds. The monoisotopic (exact) mass is 282 g/mol.